The molecule has 3 aromatic rings. The van der Waals surface area contributed by atoms with Crippen molar-refractivity contribution < 1.29 is 13.2 Å². The number of nitrogens with one attached hydrogen (secondary N) is 4. The minimum Gasteiger partial charge on any atom is -0.353 e. The van der Waals surface area contributed by atoms with Crippen LogP contribution in [0.25, 0.3) is 10.9 Å². The molecular weight excluding hydrogens is 421 g/mol. The number of alkyl halides is 3. The van der Waals surface area contributed by atoms with Crippen molar-refractivity contribution in [3.05, 3.63) is 52.4 Å². The fraction of sp³-hybridized carbons (Fsp3) is 0.316. The van der Waals surface area contributed by atoms with Crippen molar-refractivity contribution in [3.63, 3.8) is 0 Å². The standard InChI is InChI=1S/C19H21F3N6O.ClH/c1-2-8-23-10-11-25-18-27-14-7-9-24-17(29)15(14)16(28-18)26-13-5-3-12(4-6-13)19(20,21)22;/h3-7,9,23H,2,8,10-11H2,1H3,(H,24,29)(H2,25,26,27,28);1H. The van der Waals surface area contributed by atoms with Gasteiger partial charge in [-0.25, -0.2) is 4.98 Å². The van der Waals surface area contributed by atoms with Gasteiger partial charge in [0, 0.05) is 25.0 Å². The number of fused-ring (bicyclic) bond motifs is 1. The summed E-state index contributed by atoms with van der Waals surface area (Å²) in [5.74, 6) is 0.524. The highest BCUT2D eigenvalue weighted by atomic mass is 35.5. The molecule has 0 fully saturated rings. The normalized spacial score (nSPS) is 11.2. The minimum atomic E-state index is -4.42. The zero-order valence-electron chi connectivity index (χ0n) is 16.1. The van der Waals surface area contributed by atoms with Crippen LogP contribution < -0.4 is 21.5 Å². The Bertz CT molecular complexity index is 1020. The maximum absolute atomic E-state index is 12.8. The van der Waals surface area contributed by atoms with E-state index in [1.54, 1.807) is 6.07 Å². The van der Waals surface area contributed by atoms with Gasteiger partial charge in [-0.2, -0.15) is 18.2 Å². The van der Waals surface area contributed by atoms with Crippen molar-refractivity contribution in [2.24, 2.45) is 0 Å². The first kappa shape index (κ1) is 23.4. The Hall–Kier alpha value is -2.85. The summed E-state index contributed by atoms with van der Waals surface area (Å²) in [5.41, 5.74) is -0.359. The van der Waals surface area contributed by atoms with E-state index in [9.17, 15) is 18.0 Å². The first-order chi connectivity index (χ1) is 13.9. The smallest absolute Gasteiger partial charge is 0.353 e. The Morgan fingerprint density at radius 2 is 1.77 bits per heavy atom. The van der Waals surface area contributed by atoms with Crippen LogP contribution in [0.2, 0.25) is 0 Å². The molecule has 11 heteroatoms. The van der Waals surface area contributed by atoms with Crippen LogP contribution in [0.15, 0.2) is 41.3 Å². The summed E-state index contributed by atoms with van der Waals surface area (Å²) in [4.78, 5) is 23.5. The van der Waals surface area contributed by atoms with Crippen molar-refractivity contribution in [1.82, 2.24) is 20.3 Å². The Kier molecular flexibility index (Phi) is 8.01. The van der Waals surface area contributed by atoms with E-state index in [1.165, 1.54) is 18.3 Å². The molecule has 0 amide bonds. The molecule has 2 aromatic heterocycles. The molecule has 30 heavy (non-hydrogen) atoms. The number of anilines is 3. The van der Waals surface area contributed by atoms with Gasteiger partial charge in [0.2, 0.25) is 5.95 Å². The quantitative estimate of drug-likeness (QED) is 0.395. The van der Waals surface area contributed by atoms with E-state index >= 15 is 0 Å². The number of hydrogen-bond acceptors (Lipinski definition) is 6. The van der Waals surface area contributed by atoms with Gasteiger partial charge in [-0.05, 0) is 43.3 Å². The van der Waals surface area contributed by atoms with Gasteiger partial charge in [0.15, 0.2) is 0 Å². The number of hydrogen-bond donors (Lipinski definition) is 4. The van der Waals surface area contributed by atoms with Crippen LogP contribution in [0.1, 0.15) is 18.9 Å². The second kappa shape index (κ2) is 10.3. The molecule has 2 heterocycles. The third kappa shape index (κ3) is 5.83. The average molecular weight is 443 g/mol. The molecule has 0 spiro atoms. The van der Waals surface area contributed by atoms with Crippen LogP contribution in [0, 0.1) is 0 Å². The van der Waals surface area contributed by atoms with Crippen molar-refractivity contribution in [2.45, 2.75) is 19.5 Å². The molecule has 0 radical (unpaired) electrons. The molecule has 7 nitrogen and oxygen atoms in total. The summed E-state index contributed by atoms with van der Waals surface area (Å²) < 4.78 is 38.3. The van der Waals surface area contributed by atoms with E-state index < -0.39 is 17.3 Å². The highest BCUT2D eigenvalue weighted by Gasteiger charge is 2.30. The molecule has 0 saturated heterocycles. The van der Waals surface area contributed by atoms with Gasteiger partial charge in [0.1, 0.15) is 11.2 Å². The summed E-state index contributed by atoms with van der Waals surface area (Å²) >= 11 is 0. The van der Waals surface area contributed by atoms with Gasteiger partial charge in [0.05, 0.1) is 11.1 Å². The third-order valence-corrected chi connectivity index (χ3v) is 4.11. The monoisotopic (exact) mass is 442 g/mol. The Labute approximate surface area is 176 Å². The van der Waals surface area contributed by atoms with Gasteiger partial charge in [0.25, 0.3) is 5.56 Å². The topological polar surface area (TPSA) is 94.7 Å². The lowest BCUT2D eigenvalue weighted by molar-refractivity contribution is -0.137. The molecule has 1 aromatic carbocycles. The van der Waals surface area contributed by atoms with E-state index in [2.05, 4.69) is 37.8 Å². The lowest BCUT2D eigenvalue weighted by Gasteiger charge is -2.12. The van der Waals surface area contributed by atoms with Crippen LogP contribution >= 0.6 is 12.4 Å². The number of halogens is 4. The van der Waals surface area contributed by atoms with Crippen molar-refractivity contribution in [1.29, 1.82) is 0 Å². The molecule has 0 bridgehead atoms. The minimum absolute atomic E-state index is 0. The molecule has 162 valence electrons. The molecule has 4 N–H and O–H groups in total. The summed E-state index contributed by atoms with van der Waals surface area (Å²) in [6.07, 6.45) is -1.91. The predicted molar refractivity (Wildman–Crippen MR) is 114 cm³/mol. The molecule has 3 rings (SSSR count). The van der Waals surface area contributed by atoms with Crippen LogP contribution in [0.5, 0.6) is 0 Å². The third-order valence-electron chi connectivity index (χ3n) is 4.11. The van der Waals surface area contributed by atoms with Crippen molar-refractivity contribution in [3.8, 4) is 0 Å². The predicted octanol–water partition coefficient (Wildman–Crippen LogP) is 3.91. The van der Waals surface area contributed by atoms with Crippen molar-refractivity contribution >= 4 is 40.8 Å². The average Bonchev–Trinajstić information content (AvgIpc) is 2.67. The lowest BCUT2D eigenvalue weighted by Crippen LogP contribution is -2.23. The van der Waals surface area contributed by atoms with Gasteiger partial charge in [-0.1, -0.05) is 6.92 Å². The van der Waals surface area contributed by atoms with E-state index in [1.807, 2.05) is 0 Å². The largest absolute Gasteiger partial charge is 0.416 e. The lowest BCUT2D eigenvalue weighted by atomic mass is 10.2. The SMILES string of the molecule is CCCNCCNc1nc(Nc2ccc(C(F)(F)F)cc2)c2c(=O)[nH]ccc2n1.Cl. The Balaban J connectivity index is 0.00000320. The molecule has 0 saturated carbocycles. The Morgan fingerprint density at radius 3 is 2.43 bits per heavy atom. The second-order valence-corrected chi connectivity index (χ2v) is 6.34. The molecule has 0 unspecified atom stereocenters. The number of rotatable bonds is 8. The summed E-state index contributed by atoms with van der Waals surface area (Å²) in [6, 6.07) is 6.14. The fourth-order valence-corrected chi connectivity index (χ4v) is 2.70. The summed E-state index contributed by atoms with van der Waals surface area (Å²) in [5, 5.41) is 9.48. The second-order valence-electron chi connectivity index (χ2n) is 6.34. The maximum Gasteiger partial charge on any atom is 0.416 e. The first-order valence-electron chi connectivity index (χ1n) is 9.17. The van der Waals surface area contributed by atoms with Crippen LogP contribution in [0.3, 0.4) is 0 Å². The van der Waals surface area contributed by atoms with Gasteiger partial charge < -0.3 is 20.9 Å². The number of aromatic nitrogens is 3. The molecule has 0 atom stereocenters. The van der Waals surface area contributed by atoms with Crippen LogP contribution in [-0.2, 0) is 6.18 Å². The number of nitrogens with zero attached hydrogens (tertiary/aromatic N) is 2. The molecule has 0 aliphatic heterocycles. The zero-order valence-corrected chi connectivity index (χ0v) is 17.0. The highest BCUT2D eigenvalue weighted by Crippen LogP contribution is 2.30. The zero-order chi connectivity index (χ0) is 20.9. The van der Waals surface area contributed by atoms with E-state index in [-0.39, 0.29) is 23.6 Å². The van der Waals surface area contributed by atoms with Crippen molar-refractivity contribution in [2.75, 3.05) is 30.3 Å². The fourth-order valence-electron chi connectivity index (χ4n) is 2.70. The van der Waals surface area contributed by atoms with Gasteiger partial charge in [-0.3, -0.25) is 4.79 Å². The maximum atomic E-state index is 12.8. The van der Waals surface area contributed by atoms with E-state index in [0.29, 0.717) is 30.2 Å². The highest BCUT2D eigenvalue weighted by molar-refractivity contribution is 5.90. The molecular formula is C19H22ClF3N6O. The summed E-state index contributed by atoms with van der Waals surface area (Å²) in [7, 11) is 0. The number of H-pyrrole nitrogens is 1. The van der Waals surface area contributed by atoms with Crippen LogP contribution in [0.4, 0.5) is 30.6 Å². The number of aromatic amines is 1. The number of benzene rings is 1. The van der Waals surface area contributed by atoms with Gasteiger partial charge in [-0.15, -0.1) is 12.4 Å². The Morgan fingerprint density at radius 1 is 1.03 bits per heavy atom. The molecule has 0 aliphatic carbocycles. The summed E-state index contributed by atoms with van der Waals surface area (Å²) in [6.45, 7) is 4.26. The van der Waals surface area contributed by atoms with E-state index in [0.717, 1.165) is 25.1 Å². The van der Waals surface area contributed by atoms with Gasteiger partial charge >= 0.3 is 6.18 Å². The molecule has 0 aliphatic rings. The van der Waals surface area contributed by atoms with Crippen LogP contribution in [-0.4, -0.2) is 34.6 Å². The van der Waals surface area contributed by atoms with E-state index in [4.69, 9.17) is 0 Å². The number of pyridine rings is 1. The first-order valence-corrected chi connectivity index (χ1v) is 9.17.